The lowest BCUT2D eigenvalue weighted by atomic mass is 10.3. The lowest BCUT2D eigenvalue weighted by Gasteiger charge is -2.13. The van der Waals surface area contributed by atoms with E-state index in [0.717, 1.165) is 0 Å². The molecule has 0 unspecified atom stereocenters. The molecule has 1 rings (SSSR count). The standard InChI is InChI=1S/C8H12N4O6P2S2/c13-19(14,15)11-7(21)9-5-1-2-6(4-3-5)10-8(22)12-20(16,17)18/h1-4H,(H4,9,11,13,14,15,21)(H4,10,12,16,17,18,22). The Hall–Kier alpha value is -1.10. The maximum atomic E-state index is 10.7. The van der Waals surface area contributed by atoms with Crippen molar-refractivity contribution in [2.75, 3.05) is 10.6 Å². The normalized spacial score (nSPS) is 11.5. The molecule has 0 aromatic heterocycles. The van der Waals surface area contributed by atoms with E-state index in [0.29, 0.717) is 11.4 Å². The second kappa shape index (κ2) is 7.44. The first-order valence-corrected chi connectivity index (χ1v) is 9.38. The van der Waals surface area contributed by atoms with Gasteiger partial charge >= 0.3 is 15.5 Å². The van der Waals surface area contributed by atoms with Gasteiger partial charge in [0.25, 0.3) is 0 Å². The van der Waals surface area contributed by atoms with Crippen LogP contribution in [0.4, 0.5) is 11.4 Å². The molecular formula is C8H12N4O6P2S2. The lowest BCUT2D eigenvalue weighted by molar-refractivity contribution is 0.365. The Morgan fingerprint density at radius 1 is 0.773 bits per heavy atom. The average Bonchev–Trinajstić information content (AvgIpc) is 2.26. The summed E-state index contributed by atoms with van der Waals surface area (Å²) < 4.78 is 21.4. The van der Waals surface area contributed by atoms with Gasteiger partial charge in [-0.05, 0) is 48.7 Å². The van der Waals surface area contributed by atoms with Crippen LogP contribution in [0.25, 0.3) is 0 Å². The topological polar surface area (TPSA) is 163 Å². The van der Waals surface area contributed by atoms with Crippen LogP contribution in [-0.4, -0.2) is 29.8 Å². The van der Waals surface area contributed by atoms with Gasteiger partial charge < -0.3 is 30.2 Å². The number of hydrogen-bond acceptors (Lipinski definition) is 4. The third-order valence-electron chi connectivity index (χ3n) is 1.90. The minimum Gasteiger partial charge on any atom is -0.332 e. The van der Waals surface area contributed by atoms with Gasteiger partial charge in [-0.1, -0.05) is 0 Å². The monoisotopic (exact) mass is 386 g/mol. The third kappa shape index (κ3) is 8.37. The van der Waals surface area contributed by atoms with Crippen LogP contribution in [-0.2, 0) is 9.13 Å². The minimum absolute atomic E-state index is 0.257. The van der Waals surface area contributed by atoms with Crippen molar-refractivity contribution in [1.29, 1.82) is 0 Å². The van der Waals surface area contributed by atoms with Gasteiger partial charge in [-0.15, -0.1) is 0 Å². The molecule has 0 aliphatic heterocycles. The molecule has 0 radical (unpaired) electrons. The summed E-state index contributed by atoms with van der Waals surface area (Å²) in [5.74, 6) is 0. The molecule has 0 aliphatic rings. The minimum atomic E-state index is -4.47. The van der Waals surface area contributed by atoms with Crippen LogP contribution in [0.2, 0.25) is 0 Å². The second-order valence-corrected chi connectivity index (χ2v) is 7.24. The van der Waals surface area contributed by atoms with E-state index in [-0.39, 0.29) is 10.2 Å². The molecule has 8 N–H and O–H groups in total. The number of rotatable bonds is 4. The summed E-state index contributed by atoms with van der Waals surface area (Å²) in [5.41, 5.74) is 0.871. The Bertz CT molecular complexity index is 600. The highest BCUT2D eigenvalue weighted by atomic mass is 32.1. The number of thiocarbonyl (C=S) groups is 2. The summed E-state index contributed by atoms with van der Waals surface area (Å²) in [7, 11) is -8.95. The van der Waals surface area contributed by atoms with E-state index in [1.807, 2.05) is 0 Å². The van der Waals surface area contributed by atoms with E-state index in [2.05, 4.69) is 10.6 Å². The molecular weight excluding hydrogens is 374 g/mol. The van der Waals surface area contributed by atoms with Gasteiger partial charge in [0.2, 0.25) is 0 Å². The van der Waals surface area contributed by atoms with Gasteiger partial charge in [0.1, 0.15) is 0 Å². The predicted molar refractivity (Wildman–Crippen MR) is 89.2 cm³/mol. The first-order chi connectivity index (χ1) is 9.94. The zero-order valence-corrected chi connectivity index (χ0v) is 14.0. The van der Waals surface area contributed by atoms with E-state index in [9.17, 15) is 9.13 Å². The Labute approximate surface area is 135 Å². The molecule has 10 nitrogen and oxygen atoms in total. The Kier molecular flexibility index (Phi) is 6.41. The van der Waals surface area contributed by atoms with Gasteiger partial charge in [-0.3, -0.25) is 10.2 Å². The van der Waals surface area contributed by atoms with Crippen molar-refractivity contribution in [2.45, 2.75) is 0 Å². The first-order valence-electron chi connectivity index (χ1n) is 5.34. The first kappa shape index (κ1) is 18.9. The van der Waals surface area contributed by atoms with Crippen LogP contribution in [0.1, 0.15) is 0 Å². The van der Waals surface area contributed by atoms with Crippen LogP contribution >= 0.6 is 39.9 Å². The lowest BCUT2D eigenvalue weighted by Crippen LogP contribution is -2.26. The smallest absolute Gasteiger partial charge is 0.332 e. The van der Waals surface area contributed by atoms with Gasteiger partial charge in [0.15, 0.2) is 10.2 Å². The van der Waals surface area contributed by atoms with Crippen LogP contribution in [0.5, 0.6) is 0 Å². The fourth-order valence-corrected chi connectivity index (χ4v) is 2.81. The van der Waals surface area contributed by atoms with E-state index < -0.39 is 15.5 Å². The van der Waals surface area contributed by atoms with Crippen LogP contribution in [0.15, 0.2) is 24.3 Å². The molecule has 22 heavy (non-hydrogen) atoms. The molecule has 0 amide bonds. The number of anilines is 2. The number of hydrogen-bond donors (Lipinski definition) is 8. The average molecular weight is 386 g/mol. The van der Waals surface area contributed by atoms with E-state index >= 15 is 0 Å². The maximum absolute atomic E-state index is 10.7. The predicted octanol–water partition coefficient (Wildman–Crippen LogP) is 0.445. The summed E-state index contributed by atoms with van der Waals surface area (Å²) in [6, 6.07) is 6.04. The van der Waals surface area contributed by atoms with Crippen molar-refractivity contribution in [1.82, 2.24) is 10.2 Å². The zero-order valence-electron chi connectivity index (χ0n) is 10.6. The van der Waals surface area contributed by atoms with Gasteiger partial charge in [-0.25, -0.2) is 9.13 Å². The SMILES string of the molecule is O=P(O)(O)NC(=S)Nc1ccc(NC(=S)NP(=O)(O)O)cc1. The summed E-state index contributed by atoms with van der Waals surface area (Å²) in [4.78, 5) is 34.7. The van der Waals surface area contributed by atoms with Gasteiger partial charge in [-0.2, -0.15) is 0 Å². The molecule has 0 atom stereocenters. The fraction of sp³-hybridized carbons (Fsp3) is 0. The molecule has 0 fully saturated rings. The van der Waals surface area contributed by atoms with Crippen molar-refractivity contribution in [3.05, 3.63) is 24.3 Å². The van der Waals surface area contributed by atoms with Crippen LogP contribution in [0, 0.1) is 0 Å². The van der Waals surface area contributed by atoms with E-state index in [1.54, 1.807) is 10.2 Å². The Balaban J connectivity index is 2.60. The summed E-state index contributed by atoms with van der Waals surface area (Å²) >= 11 is 9.40. The van der Waals surface area contributed by atoms with Crippen molar-refractivity contribution in [3.8, 4) is 0 Å². The molecule has 0 heterocycles. The molecule has 0 aliphatic carbocycles. The van der Waals surface area contributed by atoms with Gasteiger partial charge in [0, 0.05) is 11.4 Å². The zero-order chi connectivity index (χ0) is 17.0. The van der Waals surface area contributed by atoms with Crippen molar-refractivity contribution < 1.29 is 28.7 Å². The molecule has 0 saturated heterocycles. The van der Waals surface area contributed by atoms with Crippen molar-refractivity contribution in [2.24, 2.45) is 0 Å². The van der Waals surface area contributed by atoms with Crippen LogP contribution in [0.3, 0.4) is 0 Å². The molecule has 0 spiro atoms. The Morgan fingerprint density at radius 2 is 1.05 bits per heavy atom. The third-order valence-corrected chi connectivity index (χ3v) is 3.64. The summed E-state index contributed by atoms with van der Waals surface area (Å²) in [5, 5.41) is 8.16. The summed E-state index contributed by atoms with van der Waals surface area (Å²) in [6.45, 7) is 0. The van der Waals surface area contributed by atoms with Crippen molar-refractivity contribution >= 4 is 61.5 Å². The quantitative estimate of drug-likeness (QED) is 0.267. The molecule has 1 aromatic carbocycles. The highest BCUT2D eigenvalue weighted by molar-refractivity contribution is 7.81. The summed E-state index contributed by atoms with van der Waals surface area (Å²) in [6.07, 6.45) is 0. The number of nitrogens with one attached hydrogen (secondary N) is 4. The highest BCUT2D eigenvalue weighted by Crippen LogP contribution is 2.29. The fourth-order valence-electron chi connectivity index (χ4n) is 1.22. The molecule has 0 bridgehead atoms. The van der Waals surface area contributed by atoms with Crippen LogP contribution < -0.4 is 20.8 Å². The molecule has 122 valence electrons. The number of benzene rings is 1. The maximum Gasteiger partial charge on any atom is 0.429 e. The van der Waals surface area contributed by atoms with E-state index in [4.69, 9.17) is 44.0 Å². The van der Waals surface area contributed by atoms with Gasteiger partial charge in [0.05, 0.1) is 0 Å². The van der Waals surface area contributed by atoms with Crippen molar-refractivity contribution in [3.63, 3.8) is 0 Å². The molecule has 14 heteroatoms. The molecule has 0 saturated carbocycles. The van der Waals surface area contributed by atoms with E-state index in [1.165, 1.54) is 24.3 Å². The largest absolute Gasteiger partial charge is 0.429 e. The highest BCUT2D eigenvalue weighted by Gasteiger charge is 2.15. The Morgan fingerprint density at radius 3 is 1.27 bits per heavy atom. The second-order valence-electron chi connectivity index (χ2n) is 3.80. The molecule has 1 aromatic rings.